The van der Waals surface area contributed by atoms with Crippen LogP contribution in [0.2, 0.25) is 0 Å². The molecule has 1 aromatic heterocycles. The number of unbranched alkanes of at least 4 members (excludes halogenated alkanes) is 1. The zero-order chi connectivity index (χ0) is 19.3. The van der Waals surface area contributed by atoms with E-state index in [1.54, 1.807) is 0 Å². The first-order chi connectivity index (χ1) is 13.0. The minimum Gasteiger partial charge on any atom is -0.392 e. The van der Waals surface area contributed by atoms with Crippen LogP contribution in [0.25, 0.3) is 0 Å². The highest BCUT2D eigenvalue weighted by molar-refractivity contribution is 5.76. The Morgan fingerprint density at radius 3 is 3.00 bits per heavy atom. The zero-order valence-corrected chi connectivity index (χ0v) is 16.8. The van der Waals surface area contributed by atoms with Crippen LogP contribution in [0.1, 0.15) is 51.3 Å². The average Bonchev–Trinajstić information content (AvgIpc) is 3.06. The van der Waals surface area contributed by atoms with Gasteiger partial charge in [-0.25, -0.2) is 4.98 Å². The minimum atomic E-state index is -0.325. The second-order valence-corrected chi connectivity index (χ2v) is 8.21. The number of carbonyl (C=O) groups is 1. The number of allylic oxidation sites excluding steroid dienone is 2. The van der Waals surface area contributed by atoms with Gasteiger partial charge in [0.2, 0.25) is 5.91 Å². The molecule has 1 spiro atoms. The van der Waals surface area contributed by atoms with Crippen LogP contribution in [0, 0.1) is 5.41 Å². The number of aryl methyl sites for hydroxylation is 1. The third kappa shape index (κ3) is 4.79. The fourth-order valence-corrected chi connectivity index (χ4v) is 4.59. The number of aliphatic hydroxyl groups excluding tert-OH is 1. The molecule has 1 N–H and O–H groups in total. The molecule has 0 bridgehead atoms. The van der Waals surface area contributed by atoms with E-state index in [0.29, 0.717) is 13.0 Å². The maximum Gasteiger partial charge on any atom is 0.222 e. The summed E-state index contributed by atoms with van der Waals surface area (Å²) in [5.41, 5.74) is -0.194. The predicted molar refractivity (Wildman–Crippen MR) is 106 cm³/mol. The number of amides is 1. The van der Waals surface area contributed by atoms with E-state index in [1.165, 1.54) is 0 Å². The van der Waals surface area contributed by atoms with Gasteiger partial charge in [-0.1, -0.05) is 12.2 Å². The number of carbonyl (C=O) groups excluding carboxylic acids is 1. The van der Waals surface area contributed by atoms with E-state index in [0.717, 1.165) is 64.1 Å². The molecule has 2 aliphatic rings. The fraction of sp³-hybridized carbons (Fsp3) is 0.714. The highest BCUT2D eigenvalue weighted by atomic mass is 16.3. The monoisotopic (exact) mass is 374 g/mol. The molecular formula is C21H34N4O2. The molecule has 3 rings (SSSR count). The summed E-state index contributed by atoms with van der Waals surface area (Å²) in [4.78, 5) is 21.5. The van der Waals surface area contributed by atoms with Crippen molar-refractivity contribution in [1.82, 2.24) is 19.4 Å². The van der Waals surface area contributed by atoms with E-state index in [-0.39, 0.29) is 17.4 Å². The molecule has 6 heteroatoms. The number of hydrogen-bond donors (Lipinski definition) is 1. The first kappa shape index (κ1) is 20.1. The molecule has 2 fully saturated rings. The Kier molecular flexibility index (Phi) is 6.71. The fourth-order valence-electron chi connectivity index (χ4n) is 4.59. The van der Waals surface area contributed by atoms with Gasteiger partial charge in [0.15, 0.2) is 0 Å². The van der Waals surface area contributed by atoms with Crippen molar-refractivity contribution in [3.8, 4) is 0 Å². The van der Waals surface area contributed by atoms with Crippen molar-refractivity contribution in [3.63, 3.8) is 0 Å². The Morgan fingerprint density at radius 2 is 2.26 bits per heavy atom. The number of likely N-dealkylation sites (tertiary alicyclic amines) is 2. The van der Waals surface area contributed by atoms with Crippen LogP contribution in [0.15, 0.2) is 24.5 Å². The lowest BCUT2D eigenvalue weighted by atomic mass is 9.71. The average molecular weight is 375 g/mol. The second kappa shape index (κ2) is 9.02. The van der Waals surface area contributed by atoms with Crippen LogP contribution in [-0.4, -0.2) is 62.6 Å². The van der Waals surface area contributed by atoms with Crippen molar-refractivity contribution in [2.45, 2.75) is 58.1 Å². The SMILES string of the molecule is CC=CCCCC(=O)N1CCC[C@@]2(CN(Cc3nccn3C)CC[C@H]2O)C1. The van der Waals surface area contributed by atoms with Crippen molar-refractivity contribution in [1.29, 1.82) is 0 Å². The van der Waals surface area contributed by atoms with E-state index in [2.05, 4.69) is 20.5 Å². The molecule has 150 valence electrons. The molecule has 0 saturated carbocycles. The van der Waals surface area contributed by atoms with Crippen LogP contribution in [0.5, 0.6) is 0 Å². The molecule has 0 unspecified atom stereocenters. The van der Waals surface area contributed by atoms with Gasteiger partial charge in [0.25, 0.3) is 0 Å². The van der Waals surface area contributed by atoms with E-state index < -0.39 is 0 Å². The largest absolute Gasteiger partial charge is 0.392 e. The number of imidazole rings is 1. The zero-order valence-electron chi connectivity index (χ0n) is 16.8. The Balaban J connectivity index is 1.61. The molecule has 0 aliphatic carbocycles. The molecule has 27 heavy (non-hydrogen) atoms. The van der Waals surface area contributed by atoms with Crippen molar-refractivity contribution in [2.75, 3.05) is 26.2 Å². The van der Waals surface area contributed by atoms with Gasteiger partial charge in [0.05, 0.1) is 12.6 Å². The molecule has 1 aromatic rings. The van der Waals surface area contributed by atoms with Crippen LogP contribution in [-0.2, 0) is 18.4 Å². The Hall–Kier alpha value is -1.66. The molecule has 2 aliphatic heterocycles. The van der Waals surface area contributed by atoms with E-state index >= 15 is 0 Å². The summed E-state index contributed by atoms with van der Waals surface area (Å²) in [5, 5.41) is 10.8. The number of hydrogen-bond acceptors (Lipinski definition) is 4. The number of piperidine rings is 2. The summed E-state index contributed by atoms with van der Waals surface area (Å²) in [6, 6.07) is 0. The van der Waals surface area contributed by atoms with E-state index in [1.807, 2.05) is 37.3 Å². The molecule has 1 amide bonds. The van der Waals surface area contributed by atoms with Gasteiger partial charge >= 0.3 is 0 Å². The highest BCUT2D eigenvalue weighted by Gasteiger charge is 2.46. The standard InChI is InChI=1S/C21H34N4O2/c1-3-4-5-6-8-20(27)25-12-7-10-21(17-25)16-24(13-9-18(21)26)15-19-22-11-14-23(19)2/h3-4,11,14,18,26H,5-10,12-13,15-17H2,1-2H3/t18-,21-/m1/s1. The van der Waals surface area contributed by atoms with Crippen LogP contribution in [0.4, 0.5) is 0 Å². The van der Waals surface area contributed by atoms with Crippen LogP contribution in [0.3, 0.4) is 0 Å². The highest BCUT2D eigenvalue weighted by Crippen LogP contribution is 2.39. The van der Waals surface area contributed by atoms with E-state index in [9.17, 15) is 9.90 Å². The van der Waals surface area contributed by atoms with Gasteiger partial charge in [-0.15, -0.1) is 0 Å². The quantitative estimate of drug-likeness (QED) is 0.613. The maximum absolute atomic E-state index is 12.7. The summed E-state index contributed by atoms with van der Waals surface area (Å²) < 4.78 is 2.05. The van der Waals surface area contributed by atoms with Gasteiger partial charge in [-0.05, 0) is 39.0 Å². The Bertz CT molecular complexity index is 656. The number of aliphatic hydroxyl groups is 1. The number of aromatic nitrogens is 2. The van der Waals surface area contributed by atoms with Crippen LogP contribution < -0.4 is 0 Å². The van der Waals surface area contributed by atoms with Gasteiger partial charge in [-0.2, -0.15) is 0 Å². The molecule has 2 saturated heterocycles. The smallest absolute Gasteiger partial charge is 0.222 e. The van der Waals surface area contributed by atoms with Gasteiger partial charge < -0.3 is 14.6 Å². The van der Waals surface area contributed by atoms with Crippen molar-refractivity contribution in [3.05, 3.63) is 30.4 Å². The minimum absolute atomic E-state index is 0.194. The summed E-state index contributed by atoms with van der Waals surface area (Å²) in [6.07, 6.45) is 12.8. The lowest BCUT2D eigenvalue weighted by molar-refractivity contribution is -0.141. The number of nitrogens with zero attached hydrogens (tertiary/aromatic N) is 4. The molecule has 2 atom stereocenters. The van der Waals surface area contributed by atoms with Gasteiger partial charge in [0, 0.05) is 57.5 Å². The van der Waals surface area contributed by atoms with E-state index in [4.69, 9.17) is 0 Å². The molecular weight excluding hydrogens is 340 g/mol. The topological polar surface area (TPSA) is 61.6 Å². The summed E-state index contributed by atoms with van der Waals surface area (Å²) in [7, 11) is 2.02. The first-order valence-electron chi connectivity index (χ1n) is 10.3. The predicted octanol–water partition coefficient (Wildman–Crippen LogP) is 2.34. The third-order valence-corrected chi connectivity index (χ3v) is 6.21. The molecule has 6 nitrogen and oxygen atoms in total. The van der Waals surface area contributed by atoms with Crippen molar-refractivity contribution >= 4 is 5.91 Å². The normalized spacial score (nSPS) is 26.9. The number of rotatable bonds is 6. The van der Waals surface area contributed by atoms with Crippen molar-refractivity contribution < 1.29 is 9.90 Å². The molecule has 3 heterocycles. The maximum atomic E-state index is 12.7. The van der Waals surface area contributed by atoms with Gasteiger partial charge in [-0.3, -0.25) is 9.69 Å². The third-order valence-electron chi connectivity index (χ3n) is 6.21. The molecule has 0 aromatic carbocycles. The van der Waals surface area contributed by atoms with Crippen molar-refractivity contribution in [2.24, 2.45) is 12.5 Å². The summed E-state index contributed by atoms with van der Waals surface area (Å²) in [6.45, 7) is 6.05. The Morgan fingerprint density at radius 1 is 1.41 bits per heavy atom. The summed E-state index contributed by atoms with van der Waals surface area (Å²) >= 11 is 0. The summed E-state index contributed by atoms with van der Waals surface area (Å²) in [5.74, 6) is 1.29. The molecule has 0 radical (unpaired) electrons. The van der Waals surface area contributed by atoms with Crippen LogP contribution >= 0.6 is 0 Å². The first-order valence-corrected chi connectivity index (χ1v) is 10.3. The van der Waals surface area contributed by atoms with Gasteiger partial charge in [0.1, 0.15) is 5.82 Å². The lowest BCUT2D eigenvalue weighted by Gasteiger charge is -2.51. The Labute approximate surface area is 162 Å². The second-order valence-electron chi connectivity index (χ2n) is 8.21. The lowest BCUT2D eigenvalue weighted by Crippen LogP contribution is -2.59.